The van der Waals surface area contributed by atoms with Crippen LogP contribution in [0.1, 0.15) is 28.2 Å². The molecule has 8 heteroatoms. The van der Waals surface area contributed by atoms with Crippen molar-refractivity contribution >= 4 is 27.4 Å². The number of benzene rings is 1. The Morgan fingerprint density at radius 3 is 2.68 bits per heavy atom. The lowest BCUT2D eigenvalue weighted by molar-refractivity contribution is 0.0936. The van der Waals surface area contributed by atoms with E-state index in [0.29, 0.717) is 18.1 Å². The van der Waals surface area contributed by atoms with Crippen molar-refractivity contribution in [3.8, 4) is 0 Å². The summed E-state index contributed by atoms with van der Waals surface area (Å²) in [7, 11) is -3.04. The highest BCUT2D eigenvalue weighted by Gasteiger charge is 2.29. The molecular weight excluding hydrogens is 340 g/mol. The van der Waals surface area contributed by atoms with Crippen molar-refractivity contribution in [2.75, 3.05) is 16.8 Å². The molecule has 1 unspecified atom stereocenters. The molecule has 1 aromatic carbocycles. The molecule has 0 saturated carbocycles. The topological polar surface area (TPSA) is 101 Å². The van der Waals surface area contributed by atoms with Crippen LogP contribution in [-0.2, 0) is 9.84 Å². The van der Waals surface area contributed by atoms with Gasteiger partial charge in [0.2, 0.25) is 5.95 Å². The molecule has 1 aromatic heterocycles. The summed E-state index contributed by atoms with van der Waals surface area (Å²) in [6.45, 7) is 3.76. The van der Waals surface area contributed by atoms with Gasteiger partial charge in [0.15, 0.2) is 9.84 Å². The molecule has 1 atom stereocenters. The number of nitrogens with zero attached hydrogens (tertiary/aromatic N) is 2. The molecule has 1 aliphatic rings. The van der Waals surface area contributed by atoms with Crippen LogP contribution in [0.2, 0.25) is 0 Å². The second-order valence-electron chi connectivity index (χ2n) is 6.29. The lowest BCUT2D eigenvalue weighted by atomic mass is 10.2. The lowest BCUT2D eigenvalue weighted by Crippen LogP contribution is -2.36. The molecule has 1 fully saturated rings. The van der Waals surface area contributed by atoms with Crippen LogP contribution >= 0.6 is 0 Å². The number of hydrogen-bond donors (Lipinski definition) is 2. The van der Waals surface area contributed by atoms with Crippen LogP contribution < -0.4 is 10.6 Å². The van der Waals surface area contributed by atoms with E-state index >= 15 is 0 Å². The summed E-state index contributed by atoms with van der Waals surface area (Å²) in [5.74, 6) is 0.0349. The van der Waals surface area contributed by atoms with E-state index in [-0.39, 0.29) is 29.1 Å². The van der Waals surface area contributed by atoms with Crippen LogP contribution in [-0.4, -0.2) is 41.8 Å². The molecule has 0 bridgehead atoms. The summed E-state index contributed by atoms with van der Waals surface area (Å²) in [6.07, 6.45) is 0.437. The van der Waals surface area contributed by atoms with E-state index in [1.165, 1.54) is 0 Å². The number of nitrogens with one attached hydrogen (secondary N) is 2. The molecule has 25 heavy (non-hydrogen) atoms. The molecule has 2 N–H and O–H groups in total. The largest absolute Gasteiger partial charge is 0.347 e. The zero-order valence-corrected chi connectivity index (χ0v) is 14.9. The molecule has 2 heterocycles. The first-order valence-corrected chi connectivity index (χ1v) is 9.83. The van der Waals surface area contributed by atoms with Crippen molar-refractivity contribution in [3.05, 3.63) is 47.3 Å². The molecule has 1 aliphatic heterocycles. The van der Waals surface area contributed by atoms with Crippen molar-refractivity contribution in [1.82, 2.24) is 15.3 Å². The first-order chi connectivity index (χ1) is 11.8. The van der Waals surface area contributed by atoms with E-state index in [1.54, 1.807) is 13.0 Å². The van der Waals surface area contributed by atoms with Crippen LogP contribution in [0.5, 0.6) is 0 Å². The first-order valence-electron chi connectivity index (χ1n) is 8.01. The van der Waals surface area contributed by atoms with Crippen molar-refractivity contribution < 1.29 is 13.2 Å². The van der Waals surface area contributed by atoms with E-state index in [0.717, 1.165) is 11.3 Å². The number of amides is 1. The summed E-state index contributed by atoms with van der Waals surface area (Å²) in [5.41, 5.74) is 2.79. The van der Waals surface area contributed by atoms with Gasteiger partial charge in [-0.15, -0.1) is 0 Å². The Bertz CT molecular complexity index is 912. The quantitative estimate of drug-likeness (QED) is 0.861. The summed E-state index contributed by atoms with van der Waals surface area (Å²) in [5, 5.41) is 5.83. The van der Waals surface area contributed by atoms with Crippen LogP contribution in [0.4, 0.5) is 11.6 Å². The number of rotatable bonds is 4. The zero-order valence-electron chi connectivity index (χ0n) is 14.1. The second kappa shape index (κ2) is 6.79. The normalized spacial score (nSPS) is 18.7. The fraction of sp³-hybridized carbons (Fsp3) is 0.353. The number of anilines is 2. The Hall–Kier alpha value is -2.48. The van der Waals surface area contributed by atoms with Gasteiger partial charge in [0.1, 0.15) is 5.69 Å². The van der Waals surface area contributed by atoms with Gasteiger partial charge in [0.25, 0.3) is 5.91 Å². The van der Waals surface area contributed by atoms with Crippen molar-refractivity contribution in [2.24, 2.45) is 0 Å². The first kappa shape index (κ1) is 17.3. The molecule has 7 nitrogen and oxygen atoms in total. The van der Waals surface area contributed by atoms with E-state index in [2.05, 4.69) is 20.6 Å². The Kier molecular flexibility index (Phi) is 4.71. The summed E-state index contributed by atoms with van der Waals surface area (Å²) in [4.78, 5) is 20.9. The van der Waals surface area contributed by atoms with Gasteiger partial charge in [-0.3, -0.25) is 4.79 Å². The second-order valence-corrected chi connectivity index (χ2v) is 8.51. The predicted octanol–water partition coefficient (Wildman–Crippen LogP) is 1.75. The standard InChI is InChI=1S/C17H20N4O3S/c1-11-4-3-5-13(8-11)20-17-18-12(2)9-15(21-17)16(22)19-14-6-7-25(23,24)10-14/h3-5,8-9,14H,6-7,10H2,1-2H3,(H,19,22)(H,18,20,21). The molecule has 0 radical (unpaired) electrons. The number of aromatic nitrogens is 2. The molecule has 0 aliphatic carbocycles. The summed E-state index contributed by atoms with van der Waals surface area (Å²) in [6, 6.07) is 8.97. The number of aryl methyl sites for hydroxylation is 2. The fourth-order valence-electron chi connectivity index (χ4n) is 2.76. The van der Waals surface area contributed by atoms with Crippen LogP contribution in [0.3, 0.4) is 0 Å². The van der Waals surface area contributed by atoms with E-state index < -0.39 is 9.84 Å². The summed E-state index contributed by atoms with van der Waals surface area (Å²) >= 11 is 0. The molecule has 0 spiro atoms. The van der Waals surface area contributed by atoms with Gasteiger partial charge in [-0.2, -0.15) is 0 Å². The lowest BCUT2D eigenvalue weighted by Gasteiger charge is -2.12. The Morgan fingerprint density at radius 2 is 2.00 bits per heavy atom. The van der Waals surface area contributed by atoms with Gasteiger partial charge in [0.05, 0.1) is 11.5 Å². The number of carbonyl (C=O) groups is 1. The molecule has 1 amide bonds. The monoisotopic (exact) mass is 360 g/mol. The maximum absolute atomic E-state index is 12.4. The van der Waals surface area contributed by atoms with Crippen molar-refractivity contribution in [3.63, 3.8) is 0 Å². The van der Waals surface area contributed by atoms with Crippen molar-refractivity contribution in [1.29, 1.82) is 0 Å². The Balaban J connectivity index is 1.76. The number of hydrogen-bond acceptors (Lipinski definition) is 6. The highest BCUT2D eigenvalue weighted by molar-refractivity contribution is 7.91. The Labute approximate surface area is 146 Å². The van der Waals surface area contributed by atoms with Crippen molar-refractivity contribution in [2.45, 2.75) is 26.3 Å². The van der Waals surface area contributed by atoms with Crippen LogP contribution in [0.25, 0.3) is 0 Å². The van der Waals surface area contributed by atoms with E-state index in [4.69, 9.17) is 0 Å². The highest BCUT2D eigenvalue weighted by Crippen LogP contribution is 2.16. The van der Waals surface area contributed by atoms with Gasteiger partial charge in [-0.1, -0.05) is 12.1 Å². The van der Waals surface area contributed by atoms with Gasteiger partial charge in [0, 0.05) is 17.4 Å². The summed E-state index contributed by atoms with van der Waals surface area (Å²) < 4.78 is 23.0. The third-order valence-corrected chi connectivity index (χ3v) is 5.70. The maximum Gasteiger partial charge on any atom is 0.270 e. The average molecular weight is 360 g/mol. The maximum atomic E-state index is 12.4. The van der Waals surface area contributed by atoms with Crippen LogP contribution in [0.15, 0.2) is 30.3 Å². The smallest absolute Gasteiger partial charge is 0.270 e. The zero-order chi connectivity index (χ0) is 18.0. The van der Waals surface area contributed by atoms with Gasteiger partial charge < -0.3 is 10.6 Å². The number of carbonyl (C=O) groups excluding carboxylic acids is 1. The predicted molar refractivity (Wildman–Crippen MR) is 95.8 cm³/mol. The third-order valence-electron chi connectivity index (χ3n) is 3.93. The van der Waals surface area contributed by atoms with Crippen LogP contribution in [0, 0.1) is 13.8 Å². The van der Waals surface area contributed by atoms with E-state index in [1.807, 2.05) is 31.2 Å². The van der Waals surface area contributed by atoms with Gasteiger partial charge in [-0.25, -0.2) is 18.4 Å². The number of sulfone groups is 1. The average Bonchev–Trinajstić information content (AvgIpc) is 2.85. The minimum absolute atomic E-state index is 0.0167. The Morgan fingerprint density at radius 1 is 1.20 bits per heavy atom. The van der Waals surface area contributed by atoms with Gasteiger partial charge >= 0.3 is 0 Å². The van der Waals surface area contributed by atoms with E-state index in [9.17, 15) is 13.2 Å². The highest BCUT2D eigenvalue weighted by atomic mass is 32.2. The SMILES string of the molecule is Cc1cccc(Nc2nc(C)cc(C(=O)NC3CCS(=O)(=O)C3)n2)c1. The molecular formula is C17H20N4O3S. The molecule has 1 saturated heterocycles. The minimum Gasteiger partial charge on any atom is -0.347 e. The fourth-order valence-corrected chi connectivity index (χ4v) is 4.43. The molecule has 3 rings (SSSR count). The third kappa shape index (κ3) is 4.54. The molecule has 2 aromatic rings. The van der Waals surface area contributed by atoms with Gasteiger partial charge in [-0.05, 0) is 44.0 Å². The molecule has 132 valence electrons. The minimum atomic E-state index is -3.04.